The largest absolute Gasteiger partial charge is 0.317 e. The molecule has 1 atom stereocenters. The summed E-state index contributed by atoms with van der Waals surface area (Å²) >= 11 is 0. The third kappa shape index (κ3) is 2.67. The van der Waals surface area contributed by atoms with Crippen molar-refractivity contribution in [2.24, 2.45) is 0 Å². The first-order valence-corrected chi connectivity index (χ1v) is 11.1. The molecule has 2 rings (SSSR count). The fraction of sp³-hybridized carbons (Fsp3) is 0.467. The maximum atomic E-state index is 13.3. The predicted octanol–water partition coefficient (Wildman–Crippen LogP) is 3.41. The minimum absolute atomic E-state index is 0.301. The summed E-state index contributed by atoms with van der Waals surface area (Å²) in [5.74, 6) is 0. The molecule has 5 heteroatoms. The molecule has 0 radical (unpaired) electrons. The van der Waals surface area contributed by atoms with Crippen molar-refractivity contribution in [3.63, 3.8) is 0 Å². The number of hydrogen-bond donors (Lipinski definition) is 0. The van der Waals surface area contributed by atoms with E-state index in [4.69, 9.17) is 9.97 Å². The van der Waals surface area contributed by atoms with E-state index in [1.807, 2.05) is 51.7 Å². The van der Waals surface area contributed by atoms with Gasteiger partial charge in [0.15, 0.2) is 0 Å². The van der Waals surface area contributed by atoms with E-state index in [9.17, 15) is 4.57 Å². The van der Waals surface area contributed by atoms with Crippen LogP contribution in [0, 0.1) is 0 Å². The van der Waals surface area contributed by atoms with E-state index in [1.54, 1.807) is 0 Å². The van der Waals surface area contributed by atoms with E-state index >= 15 is 0 Å². The van der Waals surface area contributed by atoms with Gasteiger partial charge in [0, 0.05) is 5.16 Å². The third-order valence-electron chi connectivity index (χ3n) is 3.64. The molecule has 0 spiro atoms. The van der Waals surface area contributed by atoms with Gasteiger partial charge < -0.3 is 4.57 Å². The van der Waals surface area contributed by atoms with Crippen LogP contribution in [0.25, 0.3) is 11.0 Å². The average molecular weight is 308 g/mol. The maximum Gasteiger partial charge on any atom is 0.137 e. The number of nitrogens with zero attached hydrogens (tertiary/aromatic N) is 2. The van der Waals surface area contributed by atoms with E-state index in [0.717, 1.165) is 21.9 Å². The highest BCUT2D eigenvalue weighted by atomic mass is 31.2. The van der Waals surface area contributed by atoms with Gasteiger partial charge in [-0.05, 0) is 32.1 Å². The quantitative estimate of drug-likeness (QED) is 0.798. The second-order valence-electron chi connectivity index (χ2n) is 6.35. The van der Waals surface area contributed by atoms with Crippen molar-refractivity contribution >= 4 is 37.0 Å². The highest BCUT2D eigenvalue weighted by Crippen LogP contribution is 2.53. The molecule has 0 fully saturated rings. The Morgan fingerprint density at radius 2 is 1.55 bits per heavy atom. The second kappa shape index (κ2) is 5.20. The molecular formula is C15H22N2OP2. The Kier molecular flexibility index (Phi) is 4.06. The molecule has 108 valence electrons. The SMILES string of the molecule is CP(C)c1nc2ccccc2nc1[P@](C)(=O)C(C)(C)C. The Hall–Kier alpha value is -0.780. The smallest absolute Gasteiger partial charge is 0.137 e. The van der Waals surface area contributed by atoms with E-state index in [0.29, 0.717) is 0 Å². The highest BCUT2D eigenvalue weighted by molar-refractivity contribution is 7.75. The second-order valence-corrected chi connectivity index (χ2v) is 12.2. The van der Waals surface area contributed by atoms with Crippen molar-refractivity contribution < 1.29 is 4.57 Å². The Labute approximate surface area is 122 Å². The molecule has 0 saturated carbocycles. The van der Waals surface area contributed by atoms with Crippen molar-refractivity contribution in [1.29, 1.82) is 0 Å². The summed E-state index contributed by atoms with van der Waals surface area (Å²) in [6.45, 7) is 12.2. The van der Waals surface area contributed by atoms with E-state index in [1.165, 1.54) is 0 Å². The standard InChI is InChI=1S/C15H22N2OP2/c1-15(2,3)20(6,18)14-13(19(4)5)16-11-9-7-8-10-12(11)17-14/h7-10H,1-6H3/t20-/m0/s1. The molecule has 0 unspecified atom stereocenters. The van der Waals surface area contributed by atoms with Gasteiger partial charge in [-0.1, -0.05) is 40.8 Å². The lowest BCUT2D eigenvalue weighted by Crippen LogP contribution is -2.35. The Morgan fingerprint density at radius 1 is 1.05 bits per heavy atom. The number of para-hydroxylation sites is 2. The van der Waals surface area contributed by atoms with Gasteiger partial charge >= 0.3 is 0 Å². The van der Waals surface area contributed by atoms with Crippen LogP contribution in [0.1, 0.15) is 20.8 Å². The van der Waals surface area contributed by atoms with Crippen LogP contribution in [-0.4, -0.2) is 35.1 Å². The fourth-order valence-electron chi connectivity index (χ4n) is 1.89. The highest BCUT2D eigenvalue weighted by Gasteiger charge is 2.37. The number of aromatic nitrogens is 2. The summed E-state index contributed by atoms with van der Waals surface area (Å²) < 4.78 is 13.3. The van der Waals surface area contributed by atoms with E-state index in [-0.39, 0.29) is 5.16 Å². The zero-order valence-corrected chi connectivity index (χ0v) is 14.8. The maximum absolute atomic E-state index is 13.3. The molecule has 20 heavy (non-hydrogen) atoms. The summed E-state index contributed by atoms with van der Waals surface area (Å²) in [5, 5.41) is -0.301. The van der Waals surface area contributed by atoms with Gasteiger partial charge in [-0.15, -0.1) is 0 Å². The van der Waals surface area contributed by atoms with Crippen LogP contribution in [0.3, 0.4) is 0 Å². The molecule has 0 aliphatic heterocycles. The minimum atomic E-state index is -2.58. The summed E-state index contributed by atoms with van der Waals surface area (Å²) in [6.07, 6.45) is 0. The minimum Gasteiger partial charge on any atom is -0.317 e. The van der Waals surface area contributed by atoms with Gasteiger partial charge in [-0.3, -0.25) is 0 Å². The topological polar surface area (TPSA) is 42.9 Å². The van der Waals surface area contributed by atoms with Crippen molar-refractivity contribution in [2.45, 2.75) is 25.9 Å². The van der Waals surface area contributed by atoms with Crippen molar-refractivity contribution in [3.05, 3.63) is 24.3 Å². The van der Waals surface area contributed by atoms with Crippen molar-refractivity contribution in [3.8, 4) is 0 Å². The molecule has 0 saturated heterocycles. The van der Waals surface area contributed by atoms with Crippen LogP contribution in [0.4, 0.5) is 0 Å². The average Bonchev–Trinajstić information content (AvgIpc) is 2.35. The molecule has 2 aromatic rings. The normalized spacial score (nSPS) is 15.6. The molecular weight excluding hydrogens is 286 g/mol. The first kappa shape index (κ1) is 15.6. The summed E-state index contributed by atoms with van der Waals surface area (Å²) in [4.78, 5) is 9.47. The zero-order valence-electron chi connectivity index (χ0n) is 13.0. The van der Waals surface area contributed by atoms with Crippen molar-refractivity contribution in [1.82, 2.24) is 9.97 Å². The van der Waals surface area contributed by atoms with Gasteiger partial charge in [-0.25, -0.2) is 9.97 Å². The predicted molar refractivity (Wildman–Crippen MR) is 90.9 cm³/mol. The first-order valence-electron chi connectivity index (χ1n) is 6.67. The number of benzene rings is 1. The Morgan fingerprint density at radius 3 is 2.00 bits per heavy atom. The lowest BCUT2D eigenvalue weighted by molar-refractivity contribution is 0.560. The Bertz CT molecular complexity index is 690. The summed E-state index contributed by atoms with van der Waals surface area (Å²) in [5.41, 5.74) is 3.37. The lowest BCUT2D eigenvalue weighted by atomic mass is 10.3. The molecule has 0 N–H and O–H groups in total. The van der Waals surface area contributed by atoms with Crippen LogP contribution in [0.2, 0.25) is 0 Å². The molecule has 0 bridgehead atoms. The van der Waals surface area contributed by atoms with Gasteiger partial charge in [0.05, 0.1) is 16.5 Å². The van der Waals surface area contributed by atoms with Crippen molar-refractivity contribution in [2.75, 3.05) is 20.0 Å². The molecule has 1 aromatic heterocycles. The van der Waals surface area contributed by atoms with E-state index in [2.05, 4.69) is 13.3 Å². The van der Waals surface area contributed by atoms with Crippen LogP contribution in [0.15, 0.2) is 24.3 Å². The number of rotatable bonds is 2. The molecule has 0 aliphatic carbocycles. The van der Waals surface area contributed by atoms with Crippen LogP contribution < -0.4 is 10.9 Å². The van der Waals surface area contributed by atoms with Gasteiger partial charge in [0.25, 0.3) is 0 Å². The summed E-state index contributed by atoms with van der Waals surface area (Å²) in [6, 6.07) is 7.81. The van der Waals surface area contributed by atoms with Gasteiger partial charge in [0.1, 0.15) is 12.6 Å². The van der Waals surface area contributed by atoms with Crippen LogP contribution in [0.5, 0.6) is 0 Å². The van der Waals surface area contributed by atoms with Gasteiger partial charge in [0.2, 0.25) is 0 Å². The Balaban J connectivity index is 2.80. The zero-order chi connectivity index (χ0) is 15.1. The molecule has 1 heterocycles. The third-order valence-corrected chi connectivity index (χ3v) is 8.66. The fourth-order valence-corrected chi connectivity index (χ4v) is 5.18. The first-order chi connectivity index (χ1) is 9.14. The summed E-state index contributed by atoms with van der Waals surface area (Å²) in [7, 11) is -3.03. The van der Waals surface area contributed by atoms with Crippen LogP contribution >= 0.6 is 15.1 Å². The number of hydrogen-bond acceptors (Lipinski definition) is 3. The lowest BCUT2D eigenvalue weighted by Gasteiger charge is -2.29. The van der Waals surface area contributed by atoms with E-state index < -0.39 is 15.1 Å². The van der Waals surface area contributed by atoms with Gasteiger partial charge in [-0.2, -0.15) is 0 Å². The molecule has 0 amide bonds. The number of fused-ring (bicyclic) bond motifs is 1. The molecule has 3 nitrogen and oxygen atoms in total. The molecule has 1 aromatic carbocycles. The van der Waals surface area contributed by atoms with Crippen LogP contribution in [-0.2, 0) is 4.57 Å². The monoisotopic (exact) mass is 308 g/mol. The molecule has 0 aliphatic rings.